The van der Waals surface area contributed by atoms with Gasteiger partial charge >= 0.3 is 0 Å². The van der Waals surface area contributed by atoms with Crippen molar-refractivity contribution in [2.75, 3.05) is 39.3 Å². The number of carbonyl (C=O) groups is 1. The molecular weight excluding hydrogens is 460 g/mol. The molecule has 2 saturated heterocycles. The van der Waals surface area contributed by atoms with Crippen LogP contribution in [0.15, 0.2) is 22.6 Å². The SMILES string of the molecule is Cc1cccc(Cl)c1-c1nc(CN2CCC(C(=O)NCCCN3CCC(C)(C)CC3)CC2)c(C)o1. The molecule has 0 atom stereocenters. The van der Waals surface area contributed by atoms with E-state index in [0.717, 1.165) is 74.6 Å². The van der Waals surface area contributed by atoms with E-state index >= 15 is 0 Å². The van der Waals surface area contributed by atoms with E-state index in [9.17, 15) is 4.79 Å². The van der Waals surface area contributed by atoms with Crippen LogP contribution in [0.2, 0.25) is 5.02 Å². The number of hydrogen-bond acceptors (Lipinski definition) is 5. The Bertz CT molecular complexity index is 980. The van der Waals surface area contributed by atoms with Crippen molar-refractivity contribution >= 4 is 17.5 Å². The molecule has 0 saturated carbocycles. The first-order chi connectivity index (χ1) is 16.7. The van der Waals surface area contributed by atoms with E-state index in [1.54, 1.807) is 0 Å². The molecule has 0 radical (unpaired) electrons. The minimum Gasteiger partial charge on any atom is -0.441 e. The number of amides is 1. The van der Waals surface area contributed by atoms with Gasteiger partial charge in [0, 0.05) is 19.0 Å². The van der Waals surface area contributed by atoms with E-state index in [2.05, 4.69) is 29.0 Å². The monoisotopic (exact) mass is 500 g/mol. The molecule has 35 heavy (non-hydrogen) atoms. The summed E-state index contributed by atoms with van der Waals surface area (Å²) in [6.45, 7) is 15.5. The Morgan fingerprint density at radius 2 is 1.86 bits per heavy atom. The largest absolute Gasteiger partial charge is 0.441 e. The summed E-state index contributed by atoms with van der Waals surface area (Å²) in [5.74, 6) is 1.75. The Kier molecular flexibility index (Phi) is 8.56. The minimum atomic E-state index is 0.113. The normalized spacial score (nSPS) is 19.7. The predicted octanol–water partition coefficient (Wildman–Crippen LogP) is 5.45. The lowest BCUT2D eigenvalue weighted by molar-refractivity contribution is -0.126. The molecule has 0 spiro atoms. The smallest absolute Gasteiger partial charge is 0.228 e. The summed E-state index contributed by atoms with van der Waals surface area (Å²) in [6.07, 6.45) is 5.35. The Balaban J connectivity index is 1.19. The van der Waals surface area contributed by atoms with Crippen molar-refractivity contribution in [2.45, 2.75) is 66.3 Å². The van der Waals surface area contributed by atoms with E-state index in [1.807, 2.05) is 32.0 Å². The average molecular weight is 501 g/mol. The van der Waals surface area contributed by atoms with Gasteiger partial charge in [0.15, 0.2) is 0 Å². The fourth-order valence-electron chi connectivity index (χ4n) is 5.19. The summed E-state index contributed by atoms with van der Waals surface area (Å²) in [4.78, 5) is 22.4. The fraction of sp³-hybridized carbons (Fsp3) is 0.643. The van der Waals surface area contributed by atoms with Crippen LogP contribution in [-0.2, 0) is 11.3 Å². The highest BCUT2D eigenvalue weighted by molar-refractivity contribution is 6.33. The molecule has 4 rings (SSSR count). The van der Waals surface area contributed by atoms with Crippen molar-refractivity contribution in [2.24, 2.45) is 11.3 Å². The van der Waals surface area contributed by atoms with Crippen LogP contribution in [0.4, 0.5) is 0 Å². The van der Waals surface area contributed by atoms with Crippen LogP contribution >= 0.6 is 11.6 Å². The summed E-state index contributed by atoms with van der Waals surface area (Å²) in [7, 11) is 0. The van der Waals surface area contributed by atoms with Gasteiger partial charge in [0.2, 0.25) is 11.8 Å². The summed E-state index contributed by atoms with van der Waals surface area (Å²) in [5, 5.41) is 3.85. The van der Waals surface area contributed by atoms with Crippen molar-refractivity contribution < 1.29 is 9.21 Å². The number of halogens is 1. The first-order valence-corrected chi connectivity index (χ1v) is 13.5. The molecule has 6 nitrogen and oxygen atoms in total. The van der Waals surface area contributed by atoms with Gasteiger partial charge in [-0.05, 0) is 95.7 Å². The topological polar surface area (TPSA) is 61.6 Å². The number of hydrogen-bond donors (Lipinski definition) is 1. The van der Waals surface area contributed by atoms with Crippen LogP contribution in [0, 0.1) is 25.2 Å². The van der Waals surface area contributed by atoms with E-state index < -0.39 is 0 Å². The van der Waals surface area contributed by atoms with Gasteiger partial charge < -0.3 is 14.6 Å². The molecule has 2 aromatic rings. The second kappa shape index (κ2) is 11.4. The van der Waals surface area contributed by atoms with E-state index in [-0.39, 0.29) is 11.8 Å². The lowest BCUT2D eigenvalue weighted by atomic mass is 9.83. The zero-order chi connectivity index (χ0) is 25.0. The van der Waals surface area contributed by atoms with Crippen molar-refractivity contribution in [1.29, 1.82) is 0 Å². The zero-order valence-corrected chi connectivity index (χ0v) is 22.6. The fourth-order valence-corrected chi connectivity index (χ4v) is 5.49. The maximum absolute atomic E-state index is 12.7. The van der Waals surface area contributed by atoms with Gasteiger partial charge in [-0.2, -0.15) is 0 Å². The Labute approximate surface area is 215 Å². The molecule has 1 N–H and O–H groups in total. The molecule has 1 amide bonds. The average Bonchev–Trinajstić information content (AvgIpc) is 3.17. The number of likely N-dealkylation sites (tertiary alicyclic amines) is 2. The van der Waals surface area contributed by atoms with Crippen LogP contribution in [0.5, 0.6) is 0 Å². The molecule has 3 heterocycles. The summed E-state index contributed by atoms with van der Waals surface area (Å²) in [6, 6.07) is 5.82. The molecule has 1 aromatic carbocycles. The summed E-state index contributed by atoms with van der Waals surface area (Å²) < 4.78 is 5.98. The zero-order valence-electron chi connectivity index (χ0n) is 21.8. The summed E-state index contributed by atoms with van der Waals surface area (Å²) in [5.41, 5.74) is 3.35. The van der Waals surface area contributed by atoms with Gasteiger partial charge in [-0.15, -0.1) is 0 Å². The maximum atomic E-state index is 12.7. The molecule has 7 heteroatoms. The quantitative estimate of drug-likeness (QED) is 0.488. The third kappa shape index (κ3) is 6.87. The predicted molar refractivity (Wildman–Crippen MR) is 142 cm³/mol. The molecule has 2 fully saturated rings. The molecule has 192 valence electrons. The number of carbonyl (C=O) groups excluding carboxylic acids is 1. The van der Waals surface area contributed by atoms with Crippen LogP contribution in [0.25, 0.3) is 11.5 Å². The van der Waals surface area contributed by atoms with Gasteiger partial charge in [-0.3, -0.25) is 9.69 Å². The molecular formula is C28H41ClN4O2. The van der Waals surface area contributed by atoms with Gasteiger partial charge in [0.1, 0.15) is 5.76 Å². The molecule has 0 aliphatic carbocycles. The van der Waals surface area contributed by atoms with Gasteiger partial charge in [0.05, 0.1) is 16.3 Å². The van der Waals surface area contributed by atoms with E-state index in [4.69, 9.17) is 21.0 Å². The minimum absolute atomic E-state index is 0.113. The highest BCUT2D eigenvalue weighted by atomic mass is 35.5. The number of oxazole rings is 1. The van der Waals surface area contributed by atoms with E-state index in [0.29, 0.717) is 16.3 Å². The number of nitrogens with one attached hydrogen (secondary N) is 1. The molecule has 1 aromatic heterocycles. The van der Waals surface area contributed by atoms with Gasteiger partial charge in [-0.25, -0.2) is 4.98 Å². The van der Waals surface area contributed by atoms with Crippen LogP contribution in [-0.4, -0.2) is 60.0 Å². The molecule has 2 aliphatic heterocycles. The second-order valence-corrected chi connectivity index (χ2v) is 11.6. The molecule has 0 bridgehead atoms. The van der Waals surface area contributed by atoms with Gasteiger partial charge in [-0.1, -0.05) is 37.6 Å². The number of rotatable bonds is 8. The Morgan fingerprint density at radius 1 is 1.14 bits per heavy atom. The second-order valence-electron chi connectivity index (χ2n) is 11.2. The number of benzene rings is 1. The first kappa shape index (κ1) is 26.2. The maximum Gasteiger partial charge on any atom is 0.228 e. The highest BCUT2D eigenvalue weighted by Crippen LogP contribution is 2.32. The third-order valence-corrected chi connectivity index (χ3v) is 8.14. The Morgan fingerprint density at radius 3 is 2.54 bits per heavy atom. The van der Waals surface area contributed by atoms with Crippen molar-refractivity contribution in [3.63, 3.8) is 0 Å². The molecule has 2 aliphatic rings. The van der Waals surface area contributed by atoms with Gasteiger partial charge in [0.25, 0.3) is 0 Å². The van der Waals surface area contributed by atoms with Crippen LogP contribution in [0.3, 0.4) is 0 Å². The lowest BCUT2D eigenvalue weighted by Crippen LogP contribution is -2.41. The number of aromatic nitrogens is 1. The number of nitrogens with zero attached hydrogens (tertiary/aromatic N) is 3. The lowest BCUT2D eigenvalue weighted by Gasteiger charge is -2.37. The first-order valence-electron chi connectivity index (χ1n) is 13.2. The van der Waals surface area contributed by atoms with Crippen molar-refractivity contribution in [3.05, 3.63) is 40.2 Å². The third-order valence-electron chi connectivity index (χ3n) is 7.82. The highest BCUT2D eigenvalue weighted by Gasteiger charge is 2.27. The summed E-state index contributed by atoms with van der Waals surface area (Å²) >= 11 is 6.41. The standard InChI is InChI=1S/C28H41ClN4O2/c1-20-7-5-8-23(29)25(20)27-31-24(21(2)35-27)19-33-15-9-22(10-16-33)26(34)30-13-6-14-32-17-11-28(3,4)12-18-32/h5,7-8,22H,6,9-19H2,1-4H3,(H,30,34). The van der Waals surface area contributed by atoms with E-state index in [1.165, 1.54) is 25.9 Å². The van der Waals surface area contributed by atoms with Crippen molar-refractivity contribution in [1.82, 2.24) is 20.1 Å². The molecule has 0 unspecified atom stereocenters. The number of aryl methyl sites for hydroxylation is 2. The number of piperidine rings is 2. The van der Waals surface area contributed by atoms with Crippen molar-refractivity contribution in [3.8, 4) is 11.5 Å². The van der Waals surface area contributed by atoms with Crippen LogP contribution < -0.4 is 5.32 Å². The Hall–Kier alpha value is -1.89. The van der Waals surface area contributed by atoms with Crippen LogP contribution in [0.1, 0.15) is 63.0 Å².